The van der Waals surface area contributed by atoms with Gasteiger partial charge in [-0.15, -0.1) is 0 Å². The average Bonchev–Trinajstić information content (AvgIpc) is 3.74. The van der Waals surface area contributed by atoms with Gasteiger partial charge in [-0.3, -0.25) is 14.4 Å². The Kier molecular flexibility index (Phi) is 9.29. The summed E-state index contributed by atoms with van der Waals surface area (Å²) in [5.74, 6) is -2.14. The highest BCUT2D eigenvalue weighted by atomic mass is 16.4. The summed E-state index contributed by atoms with van der Waals surface area (Å²) in [6.45, 7) is 1.19. The van der Waals surface area contributed by atoms with Gasteiger partial charge in [0.2, 0.25) is 11.8 Å². The molecule has 216 valence electrons. The standard InChI is InChI=1S/C33H39N3O5/c37-27(21-26(18-22-8-2-1-3-9-22)35-31(38)29-12-6-16-34-29)20-25(32(39)36-17-7-13-30(36)33(40)41)19-24-15-14-23-10-4-5-11-28(23)24/h1-5,8-11,15,25-26,29-30,34H,6-7,12-14,16-21H2,(H,35,38)(H,40,41)/t25-,26+,29+,30+/m1/s1. The average molecular weight is 558 g/mol. The Morgan fingerprint density at radius 2 is 1.73 bits per heavy atom. The molecule has 2 saturated heterocycles. The molecule has 0 spiro atoms. The van der Waals surface area contributed by atoms with Crippen LogP contribution in [0.15, 0.2) is 60.7 Å². The molecule has 4 atom stereocenters. The Bertz CT molecular complexity index is 1300. The number of Topliss-reactive ketones (excluding diaryl/α,β-unsaturated/α-hetero) is 1. The molecule has 2 fully saturated rings. The third-order valence-corrected chi connectivity index (χ3v) is 8.56. The van der Waals surface area contributed by atoms with E-state index < -0.39 is 24.0 Å². The number of allylic oxidation sites excluding steroid dienone is 2. The summed E-state index contributed by atoms with van der Waals surface area (Å²) in [5.41, 5.74) is 4.33. The molecule has 0 saturated carbocycles. The number of aliphatic carboxylic acids is 1. The van der Waals surface area contributed by atoms with E-state index in [1.165, 1.54) is 10.5 Å². The Labute approximate surface area is 241 Å². The monoisotopic (exact) mass is 557 g/mol. The number of nitrogens with one attached hydrogen (secondary N) is 2. The van der Waals surface area contributed by atoms with Gasteiger partial charge in [-0.25, -0.2) is 4.79 Å². The number of fused-ring (bicyclic) bond motifs is 1. The molecular formula is C33H39N3O5. The number of benzene rings is 2. The summed E-state index contributed by atoms with van der Waals surface area (Å²) in [4.78, 5) is 53.8. The van der Waals surface area contributed by atoms with E-state index in [1.807, 2.05) is 48.5 Å². The number of nitrogens with zero attached hydrogens (tertiary/aromatic N) is 1. The number of carbonyl (C=O) groups excluding carboxylic acids is 3. The first kappa shape index (κ1) is 28.7. The number of hydrogen-bond acceptors (Lipinski definition) is 5. The van der Waals surface area contributed by atoms with Gasteiger partial charge in [0.15, 0.2) is 0 Å². The SMILES string of the molecule is O=C(C[C@H](Cc1ccccc1)NC(=O)[C@@H]1CCCN1)C[C@@H](CC1=CCc2ccccc21)C(=O)N1CCC[C@H]1C(=O)O. The Hall–Kier alpha value is -3.78. The van der Waals surface area contributed by atoms with E-state index in [2.05, 4.69) is 22.8 Å². The highest BCUT2D eigenvalue weighted by molar-refractivity contribution is 5.92. The smallest absolute Gasteiger partial charge is 0.326 e. The van der Waals surface area contributed by atoms with Crippen LogP contribution in [0.5, 0.6) is 0 Å². The van der Waals surface area contributed by atoms with Gasteiger partial charge >= 0.3 is 5.97 Å². The molecule has 0 bridgehead atoms. The van der Waals surface area contributed by atoms with Crippen LogP contribution in [0, 0.1) is 5.92 Å². The van der Waals surface area contributed by atoms with Gasteiger partial charge < -0.3 is 20.6 Å². The summed E-state index contributed by atoms with van der Waals surface area (Å²) >= 11 is 0. The van der Waals surface area contributed by atoms with Crippen molar-refractivity contribution in [1.82, 2.24) is 15.5 Å². The van der Waals surface area contributed by atoms with Crippen LogP contribution in [0.4, 0.5) is 0 Å². The van der Waals surface area contributed by atoms with E-state index in [4.69, 9.17) is 0 Å². The van der Waals surface area contributed by atoms with Crippen LogP contribution in [0.2, 0.25) is 0 Å². The minimum Gasteiger partial charge on any atom is -0.480 e. The predicted molar refractivity (Wildman–Crippen MR) is 156 cm³/mol. The fourth-order valence-corrected chi connectivity index (χ4v) is 6.50. The van der Waals surface area contributed by atoms with E-state index in [0.717, 1.165) is 42.5 Å². The number of carbonyl (C=O) groups is 4. The molecule has 2 heterocycles. The maximum Gasteiger partial charge on any atom is 0.326 e. The van der Waals surface area contributed by atoms with Gasteiger partial charge in [0.05, 0.1) is 6.04 Å². The summed E-state index contributed by atoms with van der Waals surface area (Å²) in [5, 5.41) is 16.0. The zero-order chi connectivity index (χ0) is 28.8. The van der Waals surface area contributed by atoms with Crippen molar-refractivity contribution in [3.63, 3.8) is 0 Å². The Morgan fingerprint density at radius 1 is 0.951 bits per heavy atom. The van der Waals surface area contributed by atoms with Crippen LogP contribution < -0.4 is 10.6 Å². The van der Waals surface area contributed by atoms with Crippen LogP contribution in [-0.2, 0) is 32.0 Å². The third-order valence-electron chi connectivity index (χ3n) is 8.56. The number of carboxylic acid groups (broad SMARTS) is 1. The van der Waals surface area contributed by atoms with Gasteiger partial charge in [-0.05, 0) is 73.8 Å². The quantitative estimate of drug-likeness (QED) is 0.368. The fraction of sp³-hybridized carbons (Fsp3) is 0.455. The molecule has 2 aromatic carbocycles. The second-order valence-electron chi connectivity index (χ2n) is 11.5. The van der Waals surface area contributed by atoms with E-state index in [9.17, 15) is 24.3 Å². The van der Waals surface area contributed by atoms with Gasteiger partial charge in [-0.1, -0.05) is 60.7 Å². The third kappa shape index (κ3) is 7.11. The Balaban J connectivity index is 1.33. The van der Waals surface area contributed by atoms with E-state index in [1.54, 1.807) is 0 Å². The molecular weight excluding hydrogens is 518 g/mol. The number of amides is 2. The van der Waals surface area contributed by atoms with Gasteiger partial charge in [-0.2, -0.15) is 0 Å². The van der Waals surface area contributed by atoms with Crippen molar-refractivity contribution in [3.8, 4) is 0 Å². The lowest BCUT2D eigenvalue weighted by atomic mass is 9.88. The molecule has 8 nitrogen and oxygen atoms in total. The number of ketones is 1. The molecule has 2 aromatic rings. The molecule has 1 aliphatic carbocycles. The maximum absolute atomic E-state index is 13.8. The summed E-state index contributed by atoms with van der Waals surface area (Å²) in [7, 11) is 0. The number of hydrogen-bond donors (Lipinski definition) is 3. The topological polar surface area (TPSA) is 116 Å². The predicted octanol–water partition coefficient (Wildman–Crippen LogP) is 3.54. The van der Waals surface area contributed by atoms with Gasteiger partial charge in [0, 0.05) is 31.3 Å². The lowest BCUT2D eigenvalue weighted by Gasteiger charge is -2.27. The molecule has 2 aliphatic heterocycles. The van der Waals surface area contributed by atoms with Crippen molar-refractivity contribution in [2.75, 3.05) is 13.1 Å². The largest absolute Gasteiger partial charge is 0.480 e. The van der Waals surface area contributed by atoms with Crippen LogP contribution in [-0.4, -0.2) is 64.8 Å². The van der Waals surface area contributed by atoms with Gasteiger partial charge in [0.1, 0.15) is 11.8 Å². The number of rotatable bonds is 12. The first-order valence-electron chi connectivity index (χ1n) is 14.8. The highest BCUT2D eigenvalue weighted by Gasteiger charge is 2.38. The van der Waals surface area contributed by atoms with E-state index >= 15 is 0 Å². The molecule has 0 aromatic heterocycles. The molecule has 3 aliphatic rings. The van der Waals surface area contributed by atoms with Gasteiger partial charge in [0.25, 0.3) is 0 Å². The Morgan fingerprint density at radius 3 is 2.49 bits per heavy atom. The summed E-state index contributed by atoms with van der Waals surface area (Å²) in [6.07, 6.45) is 6.66. The normalized spacial score (nSPS) is 21.2. The summed E-state index contributed by atoms with van der Waals surface area (Å²) < 4.78 is 0. The zero-order valence-electron chi connectivity index (χ0n) is 23.4. The molecule has 5 rings (SSSR count). The molecule has 0 radical (unpaired) electrons. The molecule has 8 heteroatoms. The molecule has 0 unspecified atom stereocenters. The van der Waals surface area contributed by atoms with Crippen LogP contribution in [0.25, 0.3) is 5.57 Å². The van der Waals surface area contributed by atoms with Crippen LogP contribution in [0.1, 0.15) is 61.6 Å². The minimum atomic E-state index is -1.00. The van der Waals surface area contributed by atoms with Crippen LogP contribution >= 0.6 is 0 Å². The van der Waals surface area contributed by atoms with Crippen molar-refractivity contribution in [2.24, 2.45) is 5.92 Å². The molecule has 41 heavy (non-hydrogen) atoms. The lowest BCUT2D eigenvalue weighted by molar-refractivity contribution is -0.150. The van der Waals surface area contributed by atoms with Crippen molar-refractivity contribution in [3.05, 3.63) is 77.4 Å². The van der Waals surface area contributed by atoms with E-state index in [-0.39, 0.29) is 36.5 Å². The molecule has 2 amide bonds. The van der Waals surface area contributed by atoms with Crippen molar-refractivity contribution in [1.29, 1.82) is 0 Å². The first-order chi connectivity index (χ1) is 19.9. The number of carboxylic acids is 1. The minimum absolute atomic E-state index is 0.00399. The fourth-order valence-electron chi connectivity index (χ4n) is 6.50. The van der Waals surface area contributed by atoms with Crippen LogP contribution in [0.3, 0.4) is 0 Å². The van der Waals surface area contributed by atoms with Crippen molar-refractivity contribution < 1.29 is 24.3 Å². The molecule has 3 N–H and O–H groups in total. The summed E-state index contributed by atoms with van der Waals surface area (Å²) in [6, 6.07) is 16.3. The van der Waals surface area contributed by atoms with Crippen molar-refractivity contribution >= 4 is 29.1 Å². The van der Waals surface area contributed by atoms with E-state index in [0.29, 0.717) is 32.2 Å². The maximum atomic E-state index is 13.8. The lowest BCUT2D eigenvalue weighted by Crippen LogP contribution is -2.47. The first-order valence-corrected chi connectivity index (χ1v) is 14.8. The number of likely N-dealkylation sites (tertiary alicyclic amines) is 1. The second kappa shape index (κ2) is 13.3. The zero-order valence-corrected chi connectivity index (χ0v) is 23.4. The second-order valence-corrected chi connectivity index (χ2v) is 11.5. The van der Waals surface area contributed by atoms with Crippen molar-refractivity contribution in [2.45, 2.75) is 75.9 Å². The highest BCUT2D eigenvalue weighted by Crippen LogP contribution is 2.35.